The van der Waals surface area contributed by atoms with Gasteiger partial charge in [0.15, 0.2) is 0 Å². The molecule has 100 valence electrons. The number of halogens is 2. The molecule has 19 heavy (non-hydrogen) atoms. The number of hydrogen-bond donors (Lipinski definition) is 3. The van der Waals surface area contributed by atoms with Crippen molar-refractivity contribution < 1.29 is 28.6 Å². The molecule has 7 heteroatoms. The topological polar surface area (TPSA) is 86.6 Å². The van der Waals surface area contributed by atoms with Gasteiger partial charge in [-0.05, 0) is 18.2 Å². The van der Waals surface area contributed by atoms with Gasteiger partial charge >= 0.3 is 11.9 Å². The molecule has 0 aliphatic carbocycles. The van der Waals surface area contributed by atoms with Crippen LogP contribution in [0.5, 0.6) is 0 Å². The second-order valence-electron chi connectivity index (χ2n) is 3.32. The monoisotopic (exact) mass is 269 g/mol. The number of nitrogens with one attached hydrogen (secondary N) is 1. The number of rotatable bonds is 5. The molecule has 0 bridgehead atoms. The third-order valence-electron chi connectivity index (χ3n) is 1.99. The molecule has 0 aromatic heterocycles. The molecule has 0 amide bonds. The number of carboxylic acid groups (broad SMARTS) is 2. The first-order valence-corrected chi connectivity index (χ1v) is 4.97. The van der Waals surface area contributed by atoms with Gasteiger partial charge in [-0.3, -0.25) is 0 Å². The number of para-hydroxylation sites is 1. The lowest BCUT2D eigenvalue weighted by atomic mass is 10.2. The highest BCUT2D eigenvalue weighted by Gasteiger charge is 2.08. The minimum Gasteiger partial charge on any atom is -0.478 e. The van der Waals surface area contributed by atoms with E-state index in [2.05, 4.69) is 5.32 Å². The average molecular weight is 269 g/mol. The van der Waals surface area contributed by atoms with Crippen LogP contribution in [0.1, 0.15) is 0 Å². The minimum absolute atomic E-state index is 0.468. The fourth-order valence-electron chi connectivity index (χ4n) is 1.13. The first kappa shape index (κ1) is 14.4. The van der Waals surface area contributed by atoms with Gasteiger partial charge in [0.1, 0.15) is 17.3 Å². The van der Waals surface area contributed by atoms with E-state index in [1.165, 1.54) is 0 Å². The van der Waals surface area contributed by atoms with Crippen molar-refractivity contribution in [3.63, 3.8) is 0 Å². The Bertz CT molecular complexity index is 547. The zero-order valence-corrected chi connectivity index (χ0v) is 9.43. The molecule has 1 aromatic carbocycles. The van der Waals surface area contributed by atoms with Crippen molar-refractivity contribution in [2.45, 2.75) is 0 Å². The van der Waals surface area contributed by atoms with Gasteiger partial charge in [0.2, 0.25) is 0 Å². The van der Waals surface area contributed by atoms with E-state index in [-0.39, 0.29) is 0 Å². The van der Waals surface area contributed by atoms with Gasteiger partial charge in [-0.2, -0.15) is 0 Å². The Morgan fingerprint density at radius 2 is 1.68 bits per heavy atom. The predicted octanol–water partition coefficient (Wildman–Crippen LogP) is 1.99. The molecule has 0 fully saturated rings. The normalized spacial score (nSPS) is 11.6. The number of benzene rings is 1. The zero-order valence-electron chi connectivity index (χ0n) is 9.43. The average Bonchev–Trinajstić information content (AvgIpc) is 2.31. The summed E-state index contributed by atoms with van der Waals surface area (Å²) in [5, 5.41) is 19.3. The molecule has 0 heterocycles. The molecule has 1 rings (SSSR count). The summed E-state index contributed by atoms with van der Waals surface area (Å²) in [4.78, 5) is 21.0. The van der Waals surface area contributed by atoms with E-state index in [9.17, 15) is 18.4 Å². The highest BCUT2D eigenvalue weighted by atomic mass is 19.1. The molecule has 3 N–H and O–H groups in total. The maximum atomic E-state index is 13.2. The molecule has 0 saturated carbocycles. The van der Waals surface area contributed by atoms with Crippen LogP contribution >= 0.6 is 0 Å². The van der Waals surface area contributed by atoms with Crippen molar-refractivity contribution in [1.82, 2.24) is 0 Å². The molecule has 0 spiro atoms. The SMILES string of the molecule is O=C(O)/C=C/C(=C/Nc1c(F)cccc1F)C(=O)O. The van der Waals surface area contributed by atoms with Crippen molar-refractivity contribution in [1.29, 1.82) is 0 Å². The summed E-state index contributed by atoms with van der Waals surface area (Å²) in [5.41, 5.74) is -0.991. The van der Waals surface area contributed by atoms with Crippen LogP contribution in [-0.4, -0.2) is 22.2 Å². The molecule has 0 saturated heterocycles. The van der Waals surface area contributed by atoms with Crippen LogP contribution in [0, 0.1) is 11.6 Å². The highest BCUT2D eigenvalue weighted by Crippen LogP contribution is 2.18. The lowest BCUT2D eigenvalue weighted by Crippen LogP contribution is -2.04. The number of hydrogen-bond acceptors (Lipinski definition) is 3. The van der Waals surface area contributed by atoms with Crippen LogP contribution in [0.4, 0.5) is 14.5 Å². The Kier molecular flexibility index (Phi) is 4.76. The van der Waals surface area contributed by atoms with E-state index < -0.39 is 34.8 Å². The maximum absolute atomic E-state index is 13.2. The largest absolute Gasteiger partial charge is 0.478 e. The lowest BCUT2D eigenvalue weighted by Gasteiger charge is -2.04. The van der Waals surface area contributed by atoms with Crippen LogP contribution in [0.25, 0.3) is 0 Å². The summed E-state index contributed by atoms with van der Waals surface area (Å²) < 4.78 is 26.4. The van der Waals surface area contributed by atoms with E-state index in [0.29, 0.717) is 6.08 Å². The molecular formula is C12H9F2NO4. The third kappa shape index (κ3) is 4.23. The Balaban J connectivity index is 2.99. The van der Waals surface area contributed by atoms with Crippen molar-refractivity contribution in [2.24, 2.45) is 0 Å². The number of carboxylic acids is 2. The molecule has 0 aliphatic rings. The first-order valence-electron chi connectivity index (χ1n) is 4.97. The van der Waals surface area contributed by atoms with Gasteiger partial charge < -0.3 is 15.5 Å². The van der Waals surface area contributed by atoms with Crippen LogP contribution in [0.3, 0.4) is 0 Å². The van der Waals surface area contributed by atoms with Crippen LogP contribution in [0.15, 0.2) is 42.1 Å². The second-order valence-corrected chi connectivity index (χ2v) is 3.32. The first-order chi connectivity index (χ1) is 8.91. The van der Waals surface area contributed by atoms with Crippen molar-refractivity contribution in [3.05, 3.63) is 53.8 Å². The Morgan fingerprint density at radius 1 is 1.11 bits per heavy atom. The third-order valence-corrected chi connectivity index (χ3v) is 1.99. The summed E-state index contributed by atoms with van der Waals surface area (Å²) in [7, 11) is 0. The predicted molar refractivity (Wildman–Crippen MR) is 62.5 cm³/mol. The zero-order chi connectivity index (χ0) is 14.4. The van der Waals surface area contributed by atoms with Crippen molar-refractivity contribution >= 4 is 17.6 Å². The Morgan fingerprint density at radius 3 is 2.16 bits per heavy atom. The molecule has 1 aromatic rings. The van der Waals surface area contributed by atoms with Crippen molar-refractivity contribution in [2.75, 3.05) is 5.32 Å². The lowest BCUT2D eigenvalue weighted by molar-refractivity contribution is -0.132. The van der Waals surface area contributed by atoms with Gasteiger partial charge in [0.25, 0.3) is 0 Å². The second kappa shape index (κ2) is 6.29. The Hall–Kier alpha value is -2.70. The molecule has 5 nitrogen and oxygen atoms in total. The summed E-state index contributed by atoms with van der Waals surface area (Å²) in [6.07, 6.45) is 2.18. The molecular weight excluding hydrogens is 260 g/mol. The summed E-state index contributed by atoms with van der Waals surface area (Å²) in [6, 6.07) is 3.14. The van der Waals surface area contributed by atoms with Crippen LogP contribution in [0.2, 0.25) is 0 Å². The molecule has 0 unspecified atom stereocenters. The van der Waals surface area contributed by atoms with E-state index in [1.807, 2.05) is 0 Å². The number of anilines is 1. The van der Waals surface area contributed by atoms with Crippen LogP contribution in [-0.2, 0) is 9.59 Å². The summed E-state index contributed by atoms with van der Waals surface area (Å²) in [6.45, 7) is 0. The molecule has 0 atom stereocenters. The standard InChI is InChI=1S/C12H9F2NO4/c13-8-2-1-3-9(14)11(8)15-6-7(12(18)19)4-5-10(16)17/h1-6,15H,(H,16,17)(H,18,19)/b5-4+,7-6-. The fourth-order valence-corrected chi connectivity index (χ4v) is 1.13. The van der Waals surface area contributed by atoms with E-state index in [0.717, 1.165) is 30.5 Å². The molecule has 0 radical (unpaired) electrons. The van der Waals surface area contributed by atoms with Crippen LogP contribution < -0.4 is 5.32 Å². The van der Waals surface area contributed by atoms with Crippen molar-refractivity contribution in [3.8, 4) is 0 Å². The maximum Gasteiger partial charge on any atom is 0.337 e. The highest BCUT2D eigenvalue weighted by molar-refractivity contribution is 5.92. The Labute approximate surface area is 106 Å². The smallest absolute Gasteiger partial charge is 0.337 e. The summed E-state index contributed by atoms with van der Waals surface area (Å²) in [5.74, 6) is -4.59. The van der Waals surface area contributed by atoms with E-state index in [1.54, 1.807) is 0 Å². The van der Waals surface area contributed by atoms with Gasteiger partial charge in [-0.1, -0.05) is 6.07 Å². The van der Waals surface area contributed by atoms with Gasteiger partial charge in [-0.25, -0.2) is 18.4 Å². The van der Waals surface area contributed by atoms with Gasteiger partial charge in [0.05, 0.1) is 5.57 Å². The van der Waals surface area contributed by atoms with E-state index >= 15 is 0 Å². The fraction of sp³-hybridized carbons (Fsp3) is 0. The molecule has 0 aliphatic heterocycles. The summed E-state index contributed by atoms with van der Waals surface area (Å²) >= 11 is 0. The minimum atomic E-state index is -1.44. The quantitative estimate of drug-likeness (QED) is 0.562. The number of aliphatic carboxylic acids is 2. The van der Waals surface area contributed by atoms with Gasteiger partial charge in [-0.15, -0.1) is 0 Å². The van der Waals surface area contributed by atoms with E-state index in [4.69, 9.17) is 10.2 Å². The number of carbonyl (C=O) groups is 2. The van der Waals surface area contributed by atoms with Gasteiger partial charge in [0, 0.05) is 12.3 Å².